The molecule has 0 spiro atoms. The predicted molar refractivity (Wildman–Crippen MR) is 88.6 cm³/mol. The van der Waals surface area contributed by atoms with E-state index >= 15 is 0 Å². The van der Waals surface area contributed by atoms with E-state index in [0.717, 1.165) is 5.56 Å². The minimum atomic E-state index is -0.222. The first kappa shape index (κ1) is 17.2. The molecule has 5 heteroatoms. The van der Waals surface area contributed by atoms with E-state index < -0.39 is 0 Å². The van der Waals surface area contributed by atoms with Gasteiger partial charge in [-0.15, -0.1) is 11.8 Å². The van der Waals surface area contributed by atoms with Crippen molar-refractivity contribution in [3.05, 3.63) is 23.8 Å². The van der Waals surface area contributed by atoms with Crippen molar-refractivity contribution in [1.29, 1.82) is 0 Å². The topological polar surface area (TPSA) is 44.8 Å². The molecule has 1 heterocycles. The van der Waals surface area contributed by atoms with Gasteiger partial charge in [0.1, 0.15) is 11.2 Å². The van der Waals surface area contributed by atoms with Gasteiger partial charge >= 0.3 is 0 Å². The van der Waals surface area contributed by atoms with Crippen LogP contribution in [0.25, 0.3) is 0 Å². The number of benzene rings is 1. The molecule has 122 valence electrons. The van der Waals surface area contributed by atoms with E-state index in [1.807, 2.05) is 24.5 Å². The minimum absolute atomic E-state index is 0.0357. The fourth-order valence-electron chi connectivity index (χ4n) is 2.90. The Balaban J connectivity index is 2.25. The number of carbonyl (C=O) groups excluding carboxylic acids is 1. The van der Waals surface area contributed by atoms with Crippen molar-refractivity contribution in [3.8, 4) is 11.5 Å². The fraction of sp³-hybridized carbons (Fsp3) is 0.588. The molecule has 3 unspecified atom stereocenters. The number of ketones is 1. The summed E-state index contributed by atoms with van der Waals surface area (Å²) in [6.45, 7) is 4.15. The summed E-state index contributed by atoms with van der Waals surface area (Å²) in [6, 6.07) is 5.68. The normalized spacial score (nSPS) is 25.4. The molecule has 0 N–H and O–H groups in total. The van der Waals surface area contributed by atoms with Crippen LogP contribution in [-0.2, 0) is 9.53 Å². The zero-order valence-corrected chi connectivity index (χ0v) is 14.6. The summed E-state index contributed by atoms with van der Waals surface area (Å²) in [5.74, 6) is 1.86. The number of hydrogen-bond donors (Lipinski definition) is 0. The Morgan fingerprint density at radius 1 is 1.23 bits per heavy atom. The van der Waals surface area contributed by atoms with Crippen molar-refractivity contribution >= 4 is 17.5 Å². The molecule has 1 saturated heterocycles. The van der Waals surface area contributed by atoms with Crippen LogP contribution in [0.1, 0.15) is 31.9 Å². The van der Waals surface area contributed by atoms with Gasteiger partial charge in [0.05, 0.1) is 26.2 Å². The average Bonchev–Trinajstić information content (AvgIpc) is 2.52. The molecule has 1 aliphatic heterocycles. The van der Waals surface area contributed by atoms with E-state index in [4.69, 9.17) is 14.2 Å². The molecule has 1 aromatic carbocycles. The SMILES string of the molecule is COc1ccc(C2CC(=O)C(C(C)C)C(SC)O2)cc1OC. The highest BCUT2D eigenvalue weighted by Gasteiger charge is 2.39. The van der Waals surface area contributed by atoms with Crippen molar-refractivity contribution in [3.63, 3.8) is 0 Å². The fourth-order valence-corrected chi connectivity index (χ4v) is 3.91. The molecule has 2 rings (SSSR count). The van der Waals surface area contributed by atoms with E-state index in [-0.39, 0.29) is 29.2 Å². The summed E-state index contributed by atoms with van der Waals surface area (Å²) in [4.78, 5) is 12.5. The lowest BCUT2D eigenvalue weighted by Crippen LogP contribution is -2.39. The third-order valence-electron chi connectivity index (χ3n) is 4.08. The lowest BCUT2D eigenvalue weighted by molar-refractivity contribution is -0.141. The van der Waals surface area contributed by atoms with Crippen LogP contribution < -0.4 is 9.47 Å². The molecule has 1 aromatic rings. The van der Waals surface area contributed by atoms with Crippen LogP contribution in [0.5, 0.6) is 11.5 Å². The largest absolute Gasteiger partial charge is 0.493 e. The Kier molecular flexibility index (Phi) is 5.75. The van der Waals surface area contributed by atoms with Crippen LogP contribution in [0.4, 0.5) is 0 Å². The quantitative estimate of drug-likeness (QED) is 0.826. The highest BCUT2D eigenvalue weighted by Crippen LogP contribution is 2.41. The smallest absolute Gasteiger partial charge is 0.161 e. The second kappa shape index (κ2) is 7.38. The Labute approximate surface area is 136 Å². The second-order valence-corrected chi connectivity index (χ2v) is 6.72. The molecular weight excluding hydrogens is 300 g/mol. The van der Waals surface area contributed by atoms with E-state index in [1.165, 1.54) is 0 Å². The number of thioether (sulfide) groups is 1. The van der Waals surface area contributed by atoms with Gasteiger partial charge in [0.15, 0.2) is 11.5 Å². The average molecular weight is 324 g/mol. The molecule has 0 aromatic heterocycles. The molecule has 1 fully saturated rings. The second-order valence-electron chi connectivity index (χ2n) is 5.78. The first-order valence-corrected chi connectivity index (χ1v) is 8.73. The summed E-state index contributed by atoms with van der Waals surface area (Å²) in [7, 11) is 3.21. The van der Waals surface area contributed by atoms with Crippen LogP contribution in [0.3, 0.4) is 0 Å². The van der Waals surface area contributed by atoms with Crippen molar-refractivity contribution in [2.75, 3.05) is 20.5 Å². The highest BCUT2D eigenvalue weighted by atomic mass is 32.2. The summed E-state index contributed by atoms with van der Waals surface area (Å²) < 4.78 is 16.8. The first-order valence-electron chi connectivity index (χ1n) is 7.44. The Bertz CT molecular complexity index is 529. The van der Waals surface area contributed by atoms with Crippen LogP contribution in [0, 0.1) is 11.8 Å². The monoisotopic (exact) mass is 324 g/mol. The van der Waals surface area contributed by atoms with Crippen LogP contribution in [0.2, 0.25) is 0 Å². The number of hydrogen-bond acceptors (Lipinski definition) is 5. The van der Waals surface area contributed by atoms with Gasteiger partial charge in [0.2, 0.25) is 0 Å². The van der Waals surface area contributed by atoms with Gasteiger partial charge in [-0.1, -0.05) is 19.9 Å². The van der Waals surface area contributed by atoms with Gasteiger partial charge in [-0.05, 0) is 29.9 Å². The van der Waals surface area contributed by atoms with Crippen molar-refractivity contribution in [2.45, 2.75) is 31.8 Å². The minimum Gasteiger partial charge on any atom is -0.493 e. The summed E-state index contributed by atoms with van der Waals surface area (Å²) in [5, 5.41) is 0. The number of methoxy groups -OCH3 is 2. The third-order valence-corrected chi connectivity index (χ3v) is 4.95. The summed E-state index contributed by atoms with van der Waals surface area (Å²) >= 11 is 1.60. The lowest BCUT2D eigenvalue weighted by Gasteiger charge is -2.36. The van der Waals surface area contributed by atoms with E-state index in [1.54, 1.807) is 26.0 Å². The molecule has 1 aliphatic rings. The standard InChI is InChI=1S/C17H24O4S/c1-10(2)16-12(18)9-14(21-17(16)22-5)11-6-7-13(19-3)15(8-11)20-4/h6-8,10,14,16-17H,9H2,1-5H3. The van der Waals surface area contributed by atoms with Gasteiger partial charge < -0.3 is 14.2 Å². The Morgan fingerprint density at radius 3 is 2.45 bits per heavy atom. The maximum atomic E-state index is 12.5. The van der Waals surface area contributed by atoms with Crippen molar-refractivity contribution in [1.82, 2.24) is 0 Å². The van der Waals surface area contributed by atoms with Gasteiger partial charge in [-0.2, -0.15) is 0 Å². The van der Waals surface area contributed by atoms with Crippen LogP contribution >= 0.6 is 11.8 Å². The van der Waals surface area contributed by atoms with E-state index in [0.29, 0.717) is 17.9 Å². The maximum Gasteiger partial charge on any atom is 0.161 e. The number of ether oxygens (including phenoxy) is 3. The third kappa shape index (κ3) is 3.41. The number of rotatable bonds is 5. The summed E-state index contributed by atoms with van der Waals surface area (Å²) in [6.07, 6.45) is 2.18. The molecule has 4 nitrogen and oxygen atoms in total. The molecule has 22 heavy (non-hydrogen) atoms. The maximum absolute atomic E-state index is 12.5. The van der Waals surface area contributed by atoms with Crippen molar-refractivity contribution < 1.29 is 19.0 Å². The molecule has 0 amide bonds. The zero-order chi connectivity index (χ0) is 16.3. The molecule has 0 saturated carbocycles. The molecule has 3 atom stereocenters. The number of Topliss-reactive ketones (excluding diaryl/α,β-unsaturated/α-hetero) is 1. The molecular formula is C17H24O4S. The van der Waals surface area contributed by atoms with Gasteiger partial charge in [-0.25, -0.2) is 0 Å². The highest BCUT2D eigenvalue weighted by molar-refractivity contribution is 7.99. The van der Waals surface area contributed by atoms with Gasteiger partial charge in [0, 0.05) is 6.42 Å². The van der Waals surface area contributed by atoms with E-state index in [2.05, 4.69) is 13.8 Å². The van der Waals surface area contributed by atoms with Crippen LogP contribution in [0.15, 0.2) is 18.2 Å². The zero-order valence-electron chi connectivity index (χ0n) is 13.8. The van der Waals surface area contributed by atoms with Gasteiger partial charge in [0.25, 0.3) is 0 Å². The lowest BCUT2D eigenvalue weighted by atomic mass is 9.85. The van der Waals surface area contributed by atoms with E-state index in [9.17, 15) is 4.79 Å². The Morgan fingerprint density at radius 2 is 1.91 bits per heavy atom. The number of carbonyl (C=O) groups is 1. The first-order chi connectivity index (χ1) is 10.5. The van der Waals surface area contributed by atoms with Gasteiger partial charge in [-0.3, -0.25) is 4.79 Å². The Hall–Kier alpha value is -1.20. The molecule has 0 radical (unpaired) electrons. The summed E-state index contributed by atoms with van der Waals surface area (Å²) in [5.41, 5.74) is 0.853. The molecule has 0 bridgehead atoms. The van der Waals surface area contributed by atoms with Crippen molar-refractivity contribution in [2.24, 2.45) is 11.8 Å². The molecule has 0 aliphatic carbocycles. The predicted octanol–water partition coefficient (Wildman–Crippen LogP) is 3.70. The van der Waals surface area contributed by atoms with Crippen LogP contribution in [-0.4, -0.2) is 31.7 Å².